The number of aromatic hydroxyl groups is 1. The normalized spacial score (nSPS) is 17.7. The minimum atomic E-state index is -0.541. The van der Waals surface area contributed by atoms with E-state index < -0.39 is 6.04 Å². The van der Waals surface area contributed by atoms with Gasteiger partial charge in [-0.2, -0.15) is 0 Å². The monoisotopic (exact) mass is 297 g/mol. The average molecular weight is 298 g/mol. The van der Waals surface area contributed by atoms with Crippen LogP contribution in [0, 0.1) is 0 Å². The molecule has 5 heteroatoms. The Kier molecular flexibility index (Phi) is 5.26. The highest BCUT2D eigenvalue weighted by atomic mass is 35.5. The SMILES string of the molecule is COC(=O)C(NC1CCCCC1)c1ccc(O)c(Cl)c1. The maximum atomic E-state index is 12.0. The maximum Gasteiger partial charge on any atom is 0.327 e. The van der Waals surface area contributed by atoms with Gasteiger partial charge >= 0.3 is 5.97 Å². The van der Waals surface area contributed by atoms with E-state index in [-0.39, 0.29) is 16.7 Å². The van der Waals surface area contributed by atoms with Crippen LogP contribution < -0.4 is 5.32 Å². The summed E-state index contributed by atoms with van der Waals surface area (Å²) in [6, 6.07) is 4.57. The van der Waals surface area contributed by atoms with Gasteiger partial charge in [0.15, 0.2) is 0 Å². The van der Waals surface area contributed by atoms with Gasteiger partial charge in [-0.05, 0) is 30.5 Å². The molecular formula is C15H20ClNO3. The third-order valence-corrected chi connectivity index (χ3v) is 4.05. The molecule has 2 N–H and O–H groups in total. The lowest BCUT2D eigenvalue weighted by Crippen LogP contribution is -2.38. The first kappa shape index (κ1) is 15.1. The highest BCUT2D eigenvalue weighted by Crippen LogP contribution is 2.28. The number of phenolic OH excluding ortho intramolecular Hbond substituents is 1. The Hall–Kier alpha value is -1.26. The van der Waals surface area contributed by atoms with Crippen LogP contribution in [0.3, 0.4) is 0 Å². The second-order valence-electron chi connectivity index (χ2n) is 5.17. The number of esters is 1. The zero-order valence-corrected chi connectivity index (χ0v) is 12.3. The molecule has 1 unspecified atom stereocenters. The van der Waals surface area contributed by atoms with Crippen LogP contribution in [0.1, 0.15) is 43.7 Å². The summed E-state index contributed by atoms with van der Waals surface area (Å²) in [6.07, 6.45) is 5.76. The molecule has 0 saturated heterocycles. The highest BCUT2D eigenvalue weighted by Gasteiger charge is 2.26. The molecule has 1 aliphatic rings. The van der Waals surface area contributed by atoms with E-state index in [1.54, 1.807) is 12.1 Å². The number of methoxy groups -OCH3 is 1. The van der Waals surface area contributed by atoms with Gasteiger partial charge in [-0.3, -0.25) is 5.32 Å². The Labute approximate surface area is 124 Å². The van der Waals surface area contributed by atoms with Crippen molar-refractivity contribution >= 4 is 17.6 Å². The lowest BCUT2D eigenvalue weighted by atomic mass is 9.94. The number of rotatable bonds is 4. The molecular weight excluding hydrogens is 278 g/mol. The largest absolute Gasteiger partial charge is 0.506 e. The Morgan fingerprint density at radius 1 is 1.40 bits per heavy atom. The Morgan fingerprint density at radius 2 is 2.10 bits per heavy atom. The zero-order valence-electron chi connectivity index (χ0n) is 11.6. The van der Waals surface area contributed by atoms with Crippen LogP contribution in [-0.4, -0.2) is 24.2 Å². The molecule has 1 saturated carbocycles. The fourth-order valence-corrected chi connectivity index (χ4v) is 2.81. The van der Waals surface area contributed by atoms with Crippen molar-refractivity contribution in [1.29, 1.82) is 0 Å². The van der Waals surface area contributed by atoms with E-state index in [0.29, 0.717) is 11.6 Å². The summed E-state index contributed by atoms with van der Waals surface area (Å²) >= 11 is 5.92. The van der Waals surface area contributed by atoms with Crippen LogP contribution in [0.5, 0.6) is 5.75 Å². The van der Waals surface area contributed by atoms with Gasteiger partial charge in [-0.25, -0.2) is 4.79 Å². The molecule has 1 aromatic rings. The quantitative estimate of drug-likeness (QED) is 0.838. The second kappa shape index (κ2) is 6.95. The van der Waals surface area contributed by atoms with E-state index in [1.165, 1.54) is 32.4 Å². The van der Waals surface area contributed by atoms with Gasteiger partial charge < -0.3 is 9.84 Å². The summed E-state index contributed by atoms with van der Waals surface area (Å²) in [6.45, 7) is 0. The van der Waals surface area contributed by atoms with Gasteiger partial charge in [-0.15, -0.1) is 0 Å². The Morgan fingerprint density at radius 3 is 2.70 bits per heavy atom. The molecule has 0 aliphatic heterocycles. The predicted molar refractivity (Wildman–Crippen MR) is 77.9 cm³/mol. The first-order valence-corrected chi connectivity index (χ1v) is 7.32. The lowest BCUT2D eigenvalue weighted by Gasteiger charge is -2.27. The number of ether oxygens (including phenoxy) is 1. The molecule has 1 aliphatic carbocycles. The molecule has 1 aromatic carbocycles. The standard InChI is InChI=1S/C15H20ClNO3/c1-20-15(19)14(17-11-5-3-2-4-6-11)10-7-8-13(18)12(16)9-10/h7-9,11,14,17-18H,2-6H2,1H3. The number of carbonyl (C=O) groups excluding carboxylic acids is 1. The van der Waals surface area contributed by atoms with Crippen LogP contribution in [0.4, 0.5) is 0 Å². The van der Waals surface area contributed by atoms with Crippen LogP contribution in [-0.2, 0) is 9.53 Å². The summed E-state index contributed by atoms with van der Waals surface area (Å²) in [7, 11) is 1.37. The van der Waals surface area contributed by atoms with Crippen molar-refractivity contribution in [3.8, 4) is 5.75 Å². The van der Waals surface area contributed by atoms with Crippen LogP contribution in [0.25, 0.3) is 0 Å². The lowest BCUT2D eigenvalue weighted by molar-refractivity contribution is -0.143. The van der Waals surface area contributed by atoms with Crippen molar-refractivity contribution in [2.24, 2.45) is 0 Å². The van der Waals surface area contributed by atoms with Crippen molar-refractivity contribution in [3.63, 3.8) is 0 Å². The molecule has 20 heavy (non-hydrogen) atoms. The van der Waals surface area contributed by atoms with E-state index in [1.807, 2.05) is 0 Å². The third-order valence-electron chi connectivity index (χ3n) is 3.75. The number of hydrogen-bond donors (Lipinski definition) is 2. The van der Waals surface area contributed by atoms with E-state index in [0.717, 1.165) is 12.8 Å². The van der Waals surface area contributed by atoms with E-state index >= 15 is 0 Å². The van der Waals surface area contributed by atoms with Gasteiger partial charge in [-0.1, -0.05) is 36.9 Å². The number of carbonyl (C=O) groups is 1. The van der Waals surface area contributed by atoms with Crippen LogP contribution in [0.15, 0.2) is 18.2 Å². The summed E-state index contributed by atoms with van der Waals surface area (Å²) < 4.78 is 4.87. The summed E-state index contributed by atoms with van der Waals surface area (Å²) in [5, 5.41) is 13.1. The maximum absolute atomic E-state index is 12.0. The van der Waals surface area contributed by atoms with Crippen LogP contribution >= 0.6 is 11.6 Å². The van der Waals surface area contributed by atoms with Crippen molar-refractivity contribution in [2.45, 2.75) is 44.2 Å². The molecule has 0 bridgehead atoms. The molecule has 0 amide bonds. The highest BCUT2D eigenvalue weighted by molar-refractivity contribution is 6.32. The van der Waals surface area contributed by atoms with Gasteiger partial charge in [0.25, 0.3) is 0 Å². The van der Waals surface area contributed by atoms with Crippen molar-refractivity contribution in [3.05, 3.63) is 28.8 Å². The number of nitrogens with one attached hydrogen (secondary N) is 1. The van der Waals surface area contributed by atoms with Crippen molar-refractivity contribution in [2.75, 3.05) is 7.11 Å². The number of halogens is 1. The minimum Gasteiger partial charge on any atom is -0.506 e. The zero-order chi connectivity index (χ0) is 14.5. The number of benzene rings is 1. The molecule has 2 rings (SSSR count). The molecule has 0 heterocycles. The smallest absolute Gasteiger partial charge is 0.327 e. The fraction of sp³-hybridized carbons (Fsp3) is 0.533. The van der Waals surface area contributed by atoms with Crippen molar-refractivity contribution < 1.29 is 14.6 Å². The minimum absolute atomic E-state index is 0.0108. The van der Waals surface area contributed by atoms with Crippen molar-refractivity contribution in [1.82, 2.24) is 5.32 Å². The molecule has 1 fully saturated rings. The first-order valence-electron chi connectivity index (χ1n) is 6.94. The first-order chi connectivity index (χ1) is 9.61. The van der Waals surface area contributed by atoms with E-state index in [9.17, 15) is 9.90 Å². The number of phenols is 1. The Bertz CT molecular complexity index is 472. The van der Waals surface area contributed by atoms with Gasteiger partial charge in [0.05, 0.1) is 12.1 Å². The molecule has 0 aromatic heterocycles. The summed E-state index contributed by atoms with van der Waals surface area (Å²) in [5.74, 6) is -0.325. The number of hydrogen-bond acceptors (Lipinski definition) is 4. The van der Waals surface area contributed by atoms with Crippen LogP contribution in [0.2, 0.25) is 5.02 Å². The molecule has 0 spiro atoms. The summed E-state index contributed by atoms with van der Waals surface area (Å²) in [4.78, 5) is 12.0. The fourth-order valence-electron chi connectivity index (χ4n) is 2.63. The second-order valence-corrected chi connectivity index (χ2v) is 5.58. The molecule has 0 radical (unpaired) electrons. The topological polar surface area (TPSA) is 58.6 Å². The van der Waals surface area contributed by atoms with Gasteiger partial charge in [0.1, 0.15) is 11.8 Å². The molecule has 110 valence electrons. The molecule has 4 nitrogen and oxygen atoms in total. The summed E-state index contributed by atoms with van der Waals surface area (Å²) in [5.41, 5.74) is 0.713. The van der Waals surface area contributed by atoms with E-state index in [4.69, 9.17) is 16.3 Å². The van der Waals surface area contributed by atoms with Gasteiger partial charge in [0.2, 0.25) is 0 Å². The molecule has 1 atom stereocenters. The predicted octanol–water partition coefficient (Wildman–Crippen LogP) is 3.18. The third kappa shape index (κ3) is 3.64. The average Bonchev–Trinajstić information content (AvgIpc) is 2.48. The van der Waals surface area contributed by atoms with Gasteiger partial charge in [0, 0.05) is 6.04 Å². The van der Waals surface area contributed by atoms with E-state index in [2.05, 4.69) is 5.32 Å². The Balaban J connectivity index is 2.17.